The summed E-state index contributed by atoms with van der Waals surface area (Å²) in [5.74, 6) is -0.997. The maximum Gasteiger partial charge on any atom is 0.339 e. The van der Waals surface area contributed by atoms with Crippen molar-refractivity contribution in [2.75, 3.05) is 0 Å². The molecule has 100 valence electrons. The van der Waals surface area contributed by atoms with Crippen molar-refractivity contribution < 1.29 is 9.90 Å². The van der Waals surface area contributed by atoms with Crippen molar-refractivity contribution in [2.24, 2.45) is 0 Å². The molecule has 2 N–H and O–H groups in total. The minimum absolute atomic E-state index is 0.151. The van der Waals surface area contributed by atoms with Gasteiger partial charge in [0.1, 0.15) is 11.9 Å². The van der Waals surface area contributed by atoms with Crippen LogP contribution in [0, 0.1) is 0 Å². The third-order valence-corrected chi connectivity index (χ3v) is 3.63. The van der Waals surface area contributed by atoms with Crippen LogP contribution in [0.3, 0.4) is 0 Å². The average Bonchev–Trinajstić information content (AvgIpc) is 2.89. The van der Waals surface area contributed by atoms with Crippen LogP contribution in [0.1, 0.15) is 27.9 Å². The zero-order valence-corrected chi connectivity index (χ0v) is 11.4. The minimum atomic E-state index is -0.997. The fraction of sp³-hybridized carbons (Fsp3) is 0.308. The molecule has 0 spiro atoms. The molecule has 1 unspecified atom stereocenters. The van der Waals surface area contributed by atoms with Gasteiger partial charge in [-0.2, -0.15) is 0 Å². The predicted octanol–water partition coefficient (Wildman–Crippen LogP) is 1.96. The van der Waals surface area contributed by atoms with E-state index >= 15 is 0 Å². The van der Waals surface area contributed by atoms with E-state index in [2.05, 4.69) is 33.7 Å². The number of aromatic carboxylic acids is 1. The molecule has 2 aromatic heterocycles. The fourth-order valence-corrected chi connectivity index (χ4v) is 2.58. The smallest absolute Gasteiger partial charge is 0.339 e. The first kappa shape index (κ1) is 13.6. The number of aromatic nitrogens is 2. The van der Waals surface area contributed by atoms with Crippen molar-refractivity contribution in [3.8, 4) is 0 Å². The number of nitrogens with zero attached hydrogens (tertiary/aromatic N) is 2. The first-order valence-corrected chi connectivity index (χ1v) is 6.82. The van der Waals surface area contributed by atoms with Crippen LogP contribution in [0.2, 0.25) is 0 Å². The minimum Gasteiger partial charge on any atom is -0.478 e. The van der Waals surface area contributed by atoms with Crippen LogP contribution < -0.4 is 5.32 Å². The van der Waals surface area contributed by atoms with E-state index in [0.29, 0.717) is 12.2 Å². The first-order valence-electron chi connectivity index (χ1n) is 5.94. The molecule has 0 aliphatic heterocycles. The zero-order chi connectivity index (χ0) is 13.7. The van der Waals surface area contributed by atoms with E-state index in [1.807, 2.05) is 6.07 Å². The van der Waals surface area contributed by atoms with Crippen LogP contribution in [0.5, 0.6) is 0 Å². The highest BCUT2D eigenvalue weighted by Gasteiger charge is 2.12. The number of carboxylic acid groups (broad SMARTS) is 1. The molecule has 0 aromatic carbocycles. The molecule has 0 fully saturated rings. The molecule has 2 rings (SSSR count). The molecule has 0 aliphatic carbocycles. The quantitative estimate of drug-likeness (QED) is 0.844. The largest absolute Gasteiger partial charge is 0.478 e. The van der Waals surface area contributed by atoms with Gasteiger partial charge in [-0.25, -0.2) is 14.8 Å². The van der Waals surface area contributed by atoms with Crippen LogP contribution in [0.15, 0.2) is 30.0 Å². The molecule has 2 aromatic rings. The summed E-state index contributed by atoms with van der Waals surface area (Å²) in [6.45, 7) is 2.50. The van der Waals surface area contributed by atoms with Gasteiger partial charge in [0.15, 0.2) is 0 Å². The molecule has 5 nitrogen and oxygen atoms in total. The predicted molar refractivity (Wildman–Crippen MR) is 73.3 cm³/mol. The summed E-state index contributed by atoms with van der Waals surface area (Å²) in [6, 6.07) is 4.38. The molecule has 0 saturated carbocycles. The van der Waals surface area contributed by atoms with Gasteiger partial charge in [0, 0.05) is 23.7 Å². The SMILES string of the molecule is CC(Cc1cccs1)NCc1ncncc1C(=O)O. The number of rotatable bonds is 6. The summed E-state index contributed by atoms with van der Waals surface area (Å²) >= 11 is 1.72. The second-order valence-electron chi connectivity index (χ2n) is 4.25. The van der Waals surface area contributed by atoms with Gasteiger partial charge in [0.2, 0.25) is 0 Å². The Morgan fingerprint density at radius 2 is 2.42 bits per heavy atom. The Hall–Kier alpha value is -1.79. The number of carbonyl (C=O) groups is 1. The molecular formula is C13H15N3O2S. The van der Waals surface area contributed by atoms with E-state index in [0.717, 1.165) is 6.42 Å². The van der Waals surface area contributed by atoms with E-state index in [1.54, 1.807) is 11.3 Å². The van der Waals surface area contributed by atoms with E-state index in [4.69, 9.17) is 5.11 Å². The lowest BCUT2D eigenvalue weighted by Crippen LogP contribution is -2.28. The molecule has 0 aliphatic rings. The van der Waals surface area contributed by atoms with E-state index < -0.39 is 5.97 Å². The number of thiophene rings is 1. The molecule has 0 radical (unpaired) electrons. The fourth-order valence-electron chi connectivity index (χ4n) is 1.75. The van der Waals surface area contributed by atoms with Gasteiger partial charge in [-0.3, -0.25) is 0 Å². The van der Waals surface area contributed by atoms with Gasteiger partial charge in [-0.15, -0.1) is 11.3 Å². The van der Waals surface area contributed by atoms with Crippen LogP contribution in [0.25, 0.3) is 0 Å². The molecule has 1 atom stereocenters. The second-order valence-corrected chi connectivity index (χ2v) is 5.29. The maximum atomic E-state index is 11.0. The van der Waals surface area contributed by atoms with Crippen LogP contribution >= 0.6 is 11.3 Å². The maximum absolute atomic E-state index is 11.0. The van der Waals surface area contributed by atoms with Gasteiger partial charge < -0.3 is 10.4 Å². The summed E-state index contributed by atoms with van der Waals surface area (Å²) < 4.78 is 0. The second kappa shape index (κ2) is 6.40. The van der Waals surface area contributed by atoms with Gasteiger partial charge >= 0.3 is 5.97 Å². The van der Waals surface area contributed by atoms with Crippen molar-refractivity contribution in [1.29, 1.82) is 0 Å². The summed E-state index contributed by atoms with van der Waals surface area (Å²) in [4.78, 5) is 20.1. The highest BCUT2D eigenvalue weighted by atomic mass is 32.1. The normalized spacial score (nSPS) is 12.3. The van der Waals surface area contributed by atoms with Crippen molar-refractivity contribution >= 4 is 17.3 Å². The Morgan fingerprint density at radius 3 is 3.11 bits per heavy atom. The van der Waals surface area contributed by atoms with Crippen LogP contribution in [0.4, 0.5) is 0 Å². The topological polar surface area (TPSA) is 75.1 Å². The van der Waals surface area contributed by atoms with Gasteiger partial charge in [-0.05, 0) is 24.8 Å². The van der Waals surface area contributed by atoms with Gasteiger partial charge in [0.25, 0.3) is 0 Å². The van der Waals surface area contributed by atoms with Crippen LogP contribution in [-0.4, -0.2) is 27.1 Å². The average molecular weight is 277 g/mol. The van der Waals surface area contributed by atoms with Gasteiger partial charge in [-0.1, -0.05) is 6.07 Å². The van der Waals surface area contributed by atoms with E-state index in [9.17, 15) is 4.79 Å². The van der Waals surface area contributed by atoms with Crippen molar-refractivity contribution in [3.63, 3.8) is 0 Å². The van der Waals surface area contributed by atoms with Crippen molar-refractivity contribution in [3.05, 3.63) is 46.2 Å². The first-order chi connectivity index (χ1) is 9.16. The van der Waals surface area contributed by atoms with E-state index in [1.165, 1.54) is 17.4 Å². The van der Waals surface area contributed by atoms with Crippen molar-refractivity contribution in [1.82, 2.24) is 15.3 Å². The summed E-state index contributed by atoms with van der Waals surface area (Å²) in [6.07, 6.45) is 3.62. The summed E-state index contributed by atoms with van der Waals surface area (Å²) in [5.41, 5.74) is 0.666. The molecule has 0 amide bonds. The Morgan fingerprint density at radius 1 is 1.58 bits per heavy atom. The monoisotopic (exact) mass is 277 g/mol. The molecule has 19 heavy (non-hydrogen) atoms. The third kappa shape index (κ3) is 3.84. The van der Waals surface area contributed by atoms with Crippen molar-refractivity contribution in [2.45, 2.75) is 25.9 Å². The number of nitrogens with one attached hydrogen (secondary N) is 1. The Balaban J connectivity index is 1.93. The molecule has 0 bridgehead atoms. The Kier molecular flexibility index (Phi) is 4.59. The zero-order valence-electron chi connectivity index (χ0n) is 10.5. The third-order valence-electron chi connectivity index (χ3n) is 2.73. The highest BCUT2D eigenvalue weighted by Crippen LogP contribution is 2.11. The Bertz CT molecular complexity index is 543. The number of hydrogen-bond acceptors (Lipinski definition) is 5. The molecule has 0 saturated heterocycles. The lowest BCUT2D eigenvalue weighted by molar-refractivity contribution is 0.0694. The summed E-state index contributed by atoms with van der Waals surface area (Å²) in [7, 11) is 0. The Labute approximate surface area is 115 Å². The molecular weight excluding hydrogens is 262 g/mol. The standard InChI is InChI=1S/C13H15N3O2S/c1-9(5-10-3-2-4-19-10)15-7-12-11(13(17)18)6-14-8-16-12/h2-4,6,8-9,15H,5,7H2,1H3,(H,17,18). The lowest BCUT2D eigenvalue weighted by Gasteiger charge is -2.13. The summed E-state index contributed by atoms with van der Waals surface area (Å²) in [5, 5.41) is 14.4. The van der Waals surface area contributed by atoms with E-state index in [-0.39, 0.29) is 11.6 Å². The molecule has 6 heteroatoms. The van der Waals surface area contributed by atoms with Gasteiger partial charge in [0.05, 0.1) is 5.69 Å². The highest BCUT2D eigenvalue weighted by molar-refractivity contribution is 7.09. The lowest BCUT2D eigenvalue weighted by atomic mass is 10.2. The number of hydrogen-bond donors (Lipinski definition) is 2. The molecule has 2 heterocycles. The van der Waals surface area contributed by atoms with Crippen LogP contribution in [-0.2, 0) is 13.0 Å². The number of carboxylic acids is 1.